The zero-order chi connectivity index (χ0) is 16.8. The van der Waals surface area contributed by atoms with Crippen molar-refractivity contribution >= 4 is 23.4 Å². The number of fused-ring (bicyclic) bond motifs is 1. The van der Waals surface area contributed by atoms with Crippen LogP contribution in [0.4, 0.5) is 5.69 Å². The molecule has 7 nitrogen and oxygen atoms in total. The summed E-state index contributed by atoms with van der Waals surface area (Å²) in [5.74, 6) is -0.980. The Kier molecular flexibility index (Phi) is 3.38. The minimum atomic E-state index is -0.490. The molecular formula is C17H17N3O4. The molecule has 2 aliphatic heterocycles. The van der Waals surface area contributed by atoms with Crippen molar-refractivity contribution in [2.24, 2.45) is 0 Å². The molecule has 1 saturated carbocycles. The van der Waals surface area contributed by atoms with Crippen LogP contribution < -0.4 is 5.32 Å². The van der Waals surface area contributed by atoms with Gasteiger partial charge in [-0.25, -0.2) is 0 Å². The van der Waals surface area contributed by atoms with Crippen LogP contribution in [0.5, 0.6) is 0 Å². The molecule has 24 heavy (non-hydrogen) atoms. The van der Waals surface area contributed by atoms with Gasteiger partial charge in [0.15, 0.2) is 0 Å². The fourth-order valence-electron chi connectivity index (χ4n) is 3.22. The first-order chi connectivity index (χ1) is 11.6. The number of carbonyl (C=O) groups excluding carboxylic acids is 3. The summed E-state index contributed by atoms with van der Waals surface area (Å²) in [7, 11) is 0. The molecule has 0 bridgehead atoms. The van der Waals surface area contributed by atoms with Crippen LogP contribution in [0.1, 0.15) is 28.8 Å². The number of hydrogen-bond acceptors (Lipinski definition) is 5. The number of nitrogens with zero attached hydrogens (tertiary/aromatic N) is 2. The Morgan fingerprint density at radius 3 is 2.67 bits per heavy atom. The van der Waals surface area contributed by atoms with Crippen LogP contribution in [0.3, 0.4) is 0 Å². The minimum Gasteiger partial charge on any atom is -0.395 e. The molecular weight excluding hydrogens is 310 g/mol. The summed E-state index contributed by atoms with van der Waals surface area (Å²) in [6.45, 7) is 0.270. The Balaban J connectivity index is 1.60. The number of benzene rings is 1. The van der Waals surface area contributed by atoms with E-state index in [1.165, 1.54) is 6.08 Å². The van der Waals surface area contributed by atoms with Crippen molar-refractivity contribution in [1.82, 2.24) is 9.80 Å². The van der Waals surface area contributed by atoms with Gasteiger partial charge in [0.25, 0.3) is 17.7 Å². The lowest BCUT2D eigenvalue weighted by Crippen LogP contribution is -2.34. The van der Waals surface area contributed by atoms with Crippen LogP contribution in [0, 0.1) is 0 Å². The van der Waals surface area contributed by atoms with Gasteiger partial charge in [0, 0.05) is 18.7 Å². The number of nitrogens with one attached hydrogen (secondary N) is 1. The fourth-order valence-corrected chi connectivity index (χ4v) is 3.22. The van der Waals surface area contributed by atoms with E-state index in [0.29, 0.717) is 23.8 Å². The zero-order valence-corrected chi connectivity index (χ0v) is 13.0. The van der Waals surface area contributed by atoms with Gasteiger partial charge < -0.3 is 15.3 Å². The second kappa shape index (κ2) is 5.45. The molecule has 2 heterocycles. The Morgan fingerprint density at radius 2 is 1.96 bits per heavy atom. The highest BCUT2D eigenvalue weighted by Gasteiger charge is 2.40. The monoisotopic (exact) mass is 327 g/mol. The first kappa shape index (κ1) is 14.9. The van der Waals surface area contributed by atoms with E-state index in [1.54, 1.807) is 6.07 Å². The second-order valence-electron chi connectivity index (χ2n) is 6.21. The first-order valence-corrected chi connectivity index (χ1v) is 7.98. The normalized spacial score (nSPS) is 19.9. The summed E-state index contributed by atoms with van der Waals surface area (Å²) in [5, 5.41) is 11.9. The molecule has 1 fully saturated rings. The minimum absolute atomic E-state index is 0.0276. The summed E-state index contributed by atoms with van der Waals surface area (Å²) >= 11 is 0. The predicted molar refractivity (Wildman–Crippen MR) is 84.8 cm³/mol. The molecule has 0 atom stereocenters. The van der Waals surface area contributed by atoms with Crippen molar-refractivity contribution in [2.45, 2.75) is 25.4 Å². The molecule has 0 spiro atoms. The van der Waals surface area contributed by atoms with Gasteiger partial charge in [-0.1, -0.05) is 12.1 Å². The first-order valence-electron chi connectivity index (χ1n) is 7.98. The van der Waals surface area contributed by atoms with Gasteiger partial charge in [-0.15, -0.1) is 0 Å². The Bertz CT molecular complexity index is 782. The van der Waals surface area contributed by atoms with E-state index in [4.69, 9.17) is 5.11 Å². The molecule has 2 N–H and O–H groups in total. The molecule has 7 heteroatoms. The average Bonchev–Trinajstić information content (AvgIpc) is 3.30. The summed E-state index contributed by atoms with van der Waals surface area (Å²) < 4.78 is 0. The lowest BCUT2D eigenvalue weighted by atomic mass is 10.1. The van der Waals surface area contributed by atoms with Crippen molar-refractivity contribution in [3.8, 4) is 0 Å². The topological polar surface area (TPSA) is 90.0 Å². The maximum Gasteiger partial charge on any atom is 0.277 e. The van der Waals surface area contributed by atoms with Gasteiger partial charge in [-0.3, -0.25) is 19.3 Å². The highest BCUT2D eigenvalue weighted by atomic mass is 16.3. The Labute approximate surface area is 138 Å². The standard InChI is InChI=1S/C17H17N3O4/c21-7-6-19-14(22)8-13(16(19)23)18-12-3-1-2-10-9-20(11-4-5-11)17(24)15(10)12/h1-3,8,11,18,21H,4-7,9H2. The van der Waals surface area contributed by atoms with E-state index in [-0.39, 0.29) is 24.8 Å². The number of aliphatic hydroxyl groups excluding tert-OH is 1. The van der Waals surface area contributed by atoms with E-state index in [0.717, 1.165) is 23.3 Å². The number of β-amino-alcohol motifs (C(OH)–C–C–N with tert-alkyl or cyclic N) is 1. The maximum absolute atomic E-state index is 12.7. The van der Waals surface area contributed by atoms with E-state index in [2.05, 4.69) is 5.32 Å². The van der Waals surface area contributed by atoms with Crippen molar-refractivity contribution in [1.29, 1.82) is 0 Å². The summed E-state index contributed by atoms with van der Waals surface area (Å²) in [6, 6.07) is 5.81. The van der Waals surface area contributed by atoms with Crippen LogP contribution in [0.2, 0.25) is 0 Å². The van der Waals surface area contributed by atoms with Gasteiger partial charge in [0.1, 0.15) is 5.70 Å². The number of aliphatic hydroxyl groups is 1. The van der Waals surface area contributed by atoms with E-state index in [1.807, 2.05) is 17.0 Å². The number of carbonyl (C=O) groups is 3. The predicted octanol–water partition coefficient (Wildman–Crippen LogP) is 0.462. The smallest absolute Gasteiger partial charge is 0.277 e. The van der Waals surface area contributed by atoms with Crippen LogP contribution in [-0.2, 0) is 16.1 Å². The molecule has 3 amide bonds. The highest BCUT2D eigenvalue weighted by Crippen LogP contribution is 2.37. The third-order valence-electron chi connectivity index (χ3n) is 4.56. The van der Waals surface area contributed by atoms with Crippen molar-refractivity contribution in [3.63, 3.8) is 0 Å². The number of amides is 3. The number of imide groups is 1. The molecule has 0 aromatic heterocycles. The van der Waals surface area contributed by atoms with E-state index in [9.17, 15) is 14.4 Å². The Hall–Kier alpha value is -2.67. The van der Waals surface area contributed by atoms with Gasteiger partial charge in [-0.05, 0) is 24.5 Å². The van der Waals surface area contributed by atoms with Crippen molar-refractivity contribution in [3.05, 3.63) is 41.1 Å². The van der Waals surface area contributed by atoms with Gasteiger partial charge in [0.05, 0.1) is 24.4 Å². The molecule has 4 rings (SSSR count). The molecule has 3 aliphatic rings. The summed E-state index contributed by atoms with van der Waals surface area (Å²) in [5.41, 5.74) is 2.17. The van der Waals surface area contributed by atoms with Gasteiger partial charge in [-0.2, -0.15) is 0 Å². The molecule has 0 radical (unpaired) electrons. The summed E-state index contributed by atoms with van der Waals surface area (Å²) in [6.07, 6.45) is 3.28. The largest absolute Gasteiger partial charge is 0.395 e. The molecule has 1 aromatic rings. The van der Waals surface area contributed by atoms with Crippen LogP contribution in [-0.4, -0.2) is 51.8 Å². The molecule has 124 valence electrons. The third kappa shape index (κ3) is 2.28. The quantitative estimate of drug-likeness (QED) is 0.767. The zero-order valence-electron chi connectivity index (χ0n) is 13.0. The summed E-state index contributed by atoms with van der Waals surface area (Å²) in [4.78, 5) is 39.6. The SMILES string of the molecule is O=C1C=C(Nc2cccc3c2C(=O)N(C2CC2)C3)C(=O)N1CCO. The van der Waals surface area contributed by atoms with Crippen LogP contribution in [0.25, 0.3) is 0 Å². The molecule has 1 aromatic carbocycles. The van der Waals surface area contributed by atoms with Gasteiger partial charge >= 0.3 is 0 Å². The number of anilines is 1. The van der Waals surface area contributed by atoms with E-state index >= 15 is 0 Å². The fraction of sp³-hybridized carbons (Fsp3) is 0.353. The lowest BCUT2D eigenvalue weighted by molar-refractivity contribution is -0.137. The lowest BCUT2D eigenvalue weighted by Gasteiger charge is -2.15. The average molecular weight is 327 g/mol. The number of hydrogen-bond donors (Lipinski definition) is 2. The molecule has 0 unspecified atom stereocenters. The molecule has 1 aliphatic carbocycles. The Morgan fingerprint density at radius 1 is 1.17 bits per heavy atom. The van der Waals surface area contributed by atoms with Gasteiger partial charge in [0.2, 0.25) is 0 Å². The molecule has 0 saturated heterocycles. The van der Waals surface area contributed by atoms with Crippen LogP contribution >= 0.6 is 0 Å². The van der Waals surface area contributed by atoms with E-state index < -0.39 is 11.8 Å². The van der Waals surface area contributed by atoms with Crippen LogP contribution in [0.15, 0.2) is 30.0 Å². The number of rotatable bonds is 5. The highest BCUT2D eigenvalue weighted by molar-refractivity contribution is 6.18. The third-order valence-corrected chi connectivity index (χ3v) is 4.56. The van der Waals surface area contributed by atoms with Crippen molar-refractivity contribution < 1.29 is 19.5 Å². The maximum atomic E-state index is 12.7. The van der Waals surface area contributed by atoms with Crippen molar-refractivity contribution in [2.75, 3.05) is 18.5 Å². The second-order valence-corrected chi connectivity index (χ2v) is 6.21.